The predicted octanol–water partition coefficient (Wildman–Crippen LogP) is -0.519. The van der Waals surface area contributed by atoms with Crippen LogP contribution in [-0.4, -0.2) is 36.8 Å². The monoisotopic (exact) mass is 186 g/mol. The van der Waals surface area contributed by atoms with Crippen LogP contribution >= 0.6 is 0 Å². The summed E-state index contributed by atoms with van der Waals surface area (Å²) in [5.74, 6) is -0.00697. The highest BCUT2D eigenvalue weighted by Gasteiger charge is 2.47. The van der Waals surface area contributed by atoms with Gasteiger partial charge in [-0.15, -0.1) is 0 Å². The van der Waals surface area contributed by atoms with Crippen molar-refractivity contribution < 1.29 is 9.90 Å². The molecule has 1 rings (SSSR count). The maximum absolute atomic E-state index is 11.2. The topological polar surface area (TPSA) is 61.4 Å². The predicted molar refractivity (Wildman–Crippen MR) is 50.3 cm³/mol. The molecule has 0 heterocycles. The van der Waals surface area contributed by atoms with Crippen LogP contribution in [0, 0.1) is 5.41 Å². The van der Waals surface area contributed by atoms with Gasteiger partial charge in [0.05, 0.1) is 12.6 Å². The lowest BCUT2D eigenvalue weighted by Crippen LogP contribution is -2.61. The second-order valence-electron chi connectivity index (χ2n) is 4.22. The minimum atomic E-state index is -0.285. The van der Waals surface area contributed by atoms with Crippen LogP contribution in [-0.2, 0) is 4.79 Å². The first-order valence-electron chi connectivity index (χ1n) is 4.60. The summed E-state index contributed by atoms with van der Waals surface area (Å²) < 4.78 is 0. The number of likely N-dealkylation sites (N-methyl/N-ethyl adjacent to an activating group) is 1. The van der Waals surface area contributed by atoms with Gasteiger partial charge in [0.25, 0.3) is 0 Å². The highest BCUT2D eigenvalue weighted by atomic mass is 16.3. The van der Waals surface area contributed by atoms with Gasteiger partial charge in [-0.1, -0.05) is 13.8 Å². The normalized spacial score (nSPS) is 30.8. The number of hydrogen-bond donors (Lipinski definition) is 3. The first kappa shape index (κ1) is 10.5. The van der Waals surface area contributed by atoms with E-state index in [0.29, 0.717) is 13.0 Å². The molecule has 1 aliphatic carbocycles. The lowest BCUT2D eigenvalue weighted by molar-refractivity contribution is -0.128. The van der Waals surface area contributed by atoms with E-state index in [-0.39, 0.29) is 23.5 Å². The van der Waals surface area contributed by atoms with Crippen LogP contribution in [0.4, 0.5) is 0 Å². The van der Waals surface area contributed by atoms with Gasteiger partial charge in [-0.25, -0.2) is 0 Å². The van der Waals surface area contributed by atoms with Crippen LogP contribution in [0.2, 0.25) is 0 Å². The highest BCUT2D eigenvalue weighted by molar-refractivity contribution is 5.78. The molecule has 0 aromatic heterocycles. The number of carbonyl (C=O) groups excluding carboxylic acids is 1. The van der Waals surface area contributed by atoms with Crippen molar-refractivity contribution in [3.63, 3.8) is 0 Å². The number of hydrogen-bond acceptors (Lipinski definition) is 3. The van der Waals surface area contributed by atoms with Crippen molar-refractivity contribution >= 4 is 5.91 Å². The number of rotatable bonds is 3. The Bertz CT molecular complexity index is 204. The van der Waals surface area contributed by atoms with Crippen molar-refractivity contribution in [3.8, 4) is 0 Å². The molecule has 1 amide bonds. The third-order valence-corrected chi connectivity index (χ3v) is 2.89. The lowest BCUT2D eigenvalue weighted by atomic mass is 9.64. The van der Waals surface area contributed by atoms with Crippen LogP contribution in [0.1, 0.15) is 20.3 Å². The zero-order valence-corrected chi connectivity index (χ0v) is 8.42. The van der Waals surface area contributed by atoms with Crippen molar-refractivity contribution in [2.24, 2.45) is 5.41 Å². The van der Waals surface area contributed by atoms with Gasteiger partial charge in [0.15, 0.2) is 0 Å². The molecule has 3 N–H and O–H groups in total. The van der Waals surface area contributed by atoms with Crippen LogP contribution in [0.3, 0.4) is 0 Å². The molecule has 2 unspecified atom stereocenters. The molecular weight excluding hydrogens is 168 g/mol. The number of nitrogens with one attached hydrogen (secondary N) is 2. The van der Waals surface area contributed by atoms with Crippen molar-refractivity contribution in [2.45, 2.75) is 32.4 Å². The van der Waals surface area contributed by atoms with Gasteiger partial charge < -0.3 is 15.7 Å². The van der Waals surface area contributed by atoms with E-state index in [1.54, 1.807) is 7.05 Å². The summed E-state index contributed by atoms with van der Waals surface area (Å²) >= 11 is 0. The van der Waals surface area contributed by atoms with Gasteiger partial charge in [-0.2, -0.15) is 0 Å². The minimum Gasteiger partial charge on any atom is -0.392 e. The van der Waals surface area contributed by atoms with Crippen LogP contribution in [0.5, 0.6) is 0 Å². The molecule has 0 aromatic rings. The van der Waals surface area contributed by atoms with E-state index in [2.05, 4.69) is 10.6 Å². The number of carbonyl (C=O) groups is 1. The molecule has 4 nitrogen and oxygen atoms in total. The third kappa shape index (κ3) is 2.00. The molecule has 4 heteroatoms. The summed E-state index contributed by atoms with van der Waals surface area (Å²) in [4.78, 5) is 11.2. The van der Waals surface area contributed by atoms with Gasteiger partial charge in [0, 0.05) is 11.5 Å². The Labute approximate surface area is 78.7 Å². The fourth-order valence-corrected chi connectivity index (χ4v) is 1.55. The first-order chi connectivity index (χ1) is 5.98. The molecule has 0 spiro atoms. The van der Waals surface area contributed by atoms with E-state index < -0.39 is 0 Å². The standard InChI is InChI=1S/C9H18N2O2/c1-9(2)6(4-7(9)12)11-8(13)5-10-3/h6-7,10,12H,4-5H2,1-3H3,(H,11,13). The lowest BCUT2D eigenvalue weighted by Gasteiger charge is -2.49. The Morgan fingerprint density at radius 3 is 2.62 bits per heavy atom. The summed E-state index contributed by atoms with van der Waals surface area (Å²) in [5, 5.41) is 15.1. The van der Waals surface area contributed by atoms with E-state index in [1.165, 1.54) is 0 Å². The molecule has 1 fully saturated rings. The summed E-state index contributed by atoms with van der Waals surface area (Å²) in [6, 6.07) is 0.114. The van der Waals surface area contributed by atoms with Gasteiger partial charge in [-0.3, -0.25) is 4.79 Å². The molecule has 13 heavy (non-hydrogen) atoms. The van der Waals surface area contributed by atoms with Crippen LogP contribution < -0.4 is 10.6 Å². The summed E-state index contributed by atoms with van der Waals surface area (Å²) in [7, 11) is 1.74. The molecule has 0 radical (unpaired) electrons. The Balaban J connectivity index is 2.36. The summed E-state index contributed by atoms with van der Waals surface area (Å²) in [5.41, 5.74) is -0.177. The zero-order chi connectivity index (χ0) is 10.1. The maximum Gasteiger partial charge on any atom is 0.234 e. The molecule has 2 atom stereocenters. The smallest absolute Gasteiger partial charge is 0.234 e. The zero-order valence-electron chi connectivity index (χ0n) is 8.42. The Morgan fingerprint density at radius 1 is 1.62 bits per heavy atom. The van der Waals surface area contributed by atoms with E-state index >= 15 is 0 Å². The molecule has 1 aliphatic rings. The molecule has 0 bridgehead atoms. The number of aliphatic hydroxyl groups excluding tert-OH is 1. The molecule has 0 aliphatic heterocycles. The first-order valence-corrected chi connectivity index (χ1v) is 4.60. The Morgan fingerprint density at radius 2 is 2.23 bits per heavy atom. The summed E-state index contributed by atoms with van der Waals surface area (Å²) in [6.45, 7) is 4.26. The maximum atomic E-state index is 11.2. The fourth-order valence-electron chi connectivity index (χ4n) is 1.55. The quantitative estimate of drug-likeness (QED) is 0.556. The molecule has 0 aromatic carbocycles. The Hall–Kier alpha value is -0.610. The van der Waals surface area contributed by atoms with E-state index in [1.807, 2.05) is 13.8 Å². The highest BCUT2D eigenvalue weighted by Crippen LogP contribution is 2.40. The van der Waals surface area contributed by atoms with Gasteiger partial charge >= 0.3 is 0 Å². The second kappa shape index (κ2) is 3.64. The molecule has 1 saturated carbocycles. The van der Waals surface area contributed by atoms with Gasteiger partial charge in [-0.05, 0) is 13.5 Å². The van der Waals surface area contributed by atoms with Crippen molar-refractivity contribution in [2.75, 3.05) is 13.6 Å². The van der Waals surface area contributed by atoms with E-state index in [4.69, 9.17) is 0 Å². The molecule has 76 valence electrons. The second-order valence-corrected chi connectivity index (χ2v) is 4.22. The number of aliphatic hydroxyl groups is 1. The Kier molecular flexibility index (Phi) is 2.93. The van der Waals surface area contributed by atoms with Crippen molar-refractivity contribution in [1.82, 2.24) is 10.6 Å². The van der Waals surface area contributed by atoms with Gasteiger partial charge in [0.1, 0.15) is 0 Å². The largest absolute Gasteiger partial charge is 0.392 e. The molecule has 0 saturated heterocycles. The van der Waals surface area contributed by atoms with E-state index in [0.717, 1.165) is 0 Å². The van der Waals surface area contributed by atoms with Crippen LogP contribution in [0.15, 0.2) is 0 Å². The average molecular weight is 186 g/mol. The minimum absolute atomic E-state index is 0.00697. The van der Waals surface area contributed by atoms with Gasteiger partial charge in [0.2, 0.25) is 5.91 Å². The SMILES string of the molecule is CNCC(=O)NC1CC(O)C1(C)C. The number of amides is 1. The third-order valence-electron chi connectivity index (χ3n) is 2.89. The average Bonchev–Trinajstić information content (AvgIpc) is 2.04. The van der Waals surface area contributed by atoms with Crippen LogP contribution in [0.25, 0.3) is 0 Å². The van der Waals surface area contributed by atoms with E-state index in [9.17, 15) is 9.90 Å². The molecular formula is C9H18N2O2. The summed E-state index contributed by atoms with van der Waals surface area (Å²) in [6.07, 6.45) is 0.384. The fraction of sp³-hybridized carbons (Fsp3) is 0.889. The van der Waals surface area contributed by atoms with Crippen molar-refractivity contribution in [3.05, 3.63) is 0 Å². The van der Waals surface area contributed by atoms with Crippen molar-refractivity contribution in [1.29, 1.82) is 0 Å².